The molecule has 2 aromatic rings. The highest BCUT2D eigenvalue weighted by Gasteiger charge is 2.30. The zero-order valence-corrected chi connectivity index (χ0v) is 13.1. The van der Waals surface area contributed by atoms with Crippen molar-refractivity contribution < 1.29 is 18.3 Å². The van der Waals surface area contributed by atoms with Gasteiger partial charge < -0.3 is 16.2 Å². The molecule has 0 aliphatic carbocycles. The number of benzene rings is 2. The molecule has 0 amide bonds. The van der Waals surface area contributed by atoms with Crippen molar-refractivity contribution in [3.05, 3.63) is 71.3 Å². The fourth-order valence-electron chi connectivity index (χ4n) is 2.40. The van der Waals surface area contributed by atoms with E-state index < -0.39 is 23.9 Å². The standard InChI is InChI=1S/C18H21F3N2O/c19-18(20,21)15-8-4-7-14(9-15)11-23-12-17(24)16(22)10-13-5-2-1-3-6-13/h1-9,16-17,23-24H,10-12,22H2. The number of aliphatic hydroxyl groups is 1. The fraction of sp³-hybridized carbons (Fsp3) is 0.333. The Morgan fingerprint density at radius 3 is 2.33 bits per heavy atom. The van der Waals surface area contributed by atoms with Gasteiger partial charge in [-0.2, -0.15) is 13.2 Å². The second kappa shape index (κ2) is 8.28. The summed E-state index contributed by atoms with van der Waals surface area (Å²) in [5.74, 6) is 0. The van der Waals surface area contributed by atoms with Crippen LogP contribution in [0.1, 0.15) is 16.7 Å². The predicted octanol–water partition coefficient (Wildman–Crippen LogP) is 2.73. The molecule has 2 unspecified atom stereocenters. The molecule has 0 radical (unpaired) electrons. The normalized spacial score (nSPS) is 14.4. The number of aliphatic hydroxyl groups excluding tert-OH is 1. The third-order valence-electron chi connectivity index (χ3n) is 3.75. The van der Waals surface area contributed by atoms with Crippen LogP contribution in [0.4, 0.5) is 13.2 Å². The first-order valence-corrected chi connectivity index (χ1v) is 7.70. The topological polar surface area (TPSA) is 58.3 Å². The Labute approximate surface area is 139 Å². The first kappa shape index (κ1) is 18.4. The van der Waals surface area contributed by atoms with Gasteiger partial charge in [0, 0.05) is 19.1 Å². The van der Waals surface area contributed by atoms with E-state index in [1.165, 1.54) is 6.07 Å². The molecule has 0 aliphatic heterocycles. The summed E-state index contributed by atoms with van der Waals surface area (Å²) >= 11 is 0. The SMILES string of the molecule is NC(Cc1ccccc1)C(O)CNCc1cccc(C(F)(F)F)c1. The molecule has 2 aromatic carbocycles. The van der Waals surface area contributed by atoms with Crippen molar-refractivity contribution in [3.8, 4) is 0 Å². The van der Waals surface area contributed by atoms with E-state index in [0.29, 0.717) is 12.0 Å². The summed E-state index contributed by atoms with van der Waals surface area (Å²) in [5, 5.41) is 13.0. The fourth-order valence-corrected chi connectivity index (χ4v) is 2.40. The minimum Gasteiger partial charge on any atom is -0.390 e. The Morgan fingerprint density at radius 2 is 1.67 bits per heavy atom. The van der Waals surface area contributed by atoms with Gasteiger partial charge >= 0.3 is 6.18 Å². The molecular formula is C18H21F3N2O. The lowest BCUT2D eigenvalue weighted by Crippen LogP contribution is -2.43. The molecule has 0 spiro atoms. The number of halogens is 3. The van der Waals surface area contributed by atoms with Crippen molar-refractivity contribution in [2.24, 2.45) is 5.73 Å². The molecule has 24 heavy (non-hydrogen) atoms. The van der Waals surface area contributed by atoms with Crippen LogP contribution in [0.3, 0.4) is 0 Å². The molecule has 4 N–H and O–H groups in total. The van der Waals surface area contributed by atoms with Gasteiger partial charge in [-0.25, -0.2) is 0 Å². The summed E-state index contributed by atoms with van der Waals surface area (Å²) in [5.41, 5.74) is 6.83. The molecule has 2 rings (SSSR count). The van der Waals surface area contributed by atoms with Crippen LogP contribution < -0.4 is 11.1 Å². The van der Waals surface area contributed by atoms with Crippen LogP contribution >= 0.6 is 0 Å². The smallest absolute Gasteiger partial charge is 0.390 e. The Hall–Kier alpha value is -1.89. The number of hydrogen-bond acceptors (Lipinski definition) is 3. The molecule has 0 bridgehead atoms. The van der Waals surface area contributed by atoms with E-state index in [1.54, 1.807) is 6.07 Å². The average Bonchev–Trinajstić information content (AvgIpc) is 2.55. The minimum atomic E-state index is -4.35. The van der Waals surface area contributed by atoms with Crippen LogP contribution in [-0.4, -0.2) is 23.8 Å². The predicted molar refractivity (Wildman–Crippen MR) is 87.3 cm³/mol. The van der Waals surface area contributed by atoms with Gasteiger partial charge in [0.1, 0.15) is 0 Å². The van der Waals surface area contributed by atoms with E-state index in [2.05, 4.69) is 5.32 Å². The first-order valence-electron chi connectivity index (χ1n) is 7.70. The minimum absolute atomic E-state index is 0.213. The van der Waals surface area contributed by atoms with Crippen LogP contribution in [-0.2, 0) is 19.1 Å². The number of nitrogens with one attached hydrogen (secondary N) is 1. The molecule has 0 fully saturated rings. The maximum atomic E-state index is 12.7. The number of alkyl halides is 3. The molecule has 2 atom stereocenters. The number of nitrogens with two attached hydrogens (primary N) is 1. The summed E-state index contributed by atoms with van der Waals surface area (Å²) in [6.07, 6.45) is -4.60. The molecular weight excluding hydrogens is 317 g/mol. The van der Waals surface area contributed by atoms with Gasteiger partial charge in [-0.15, -0.1) is 0 Å². The molecule has 0 saturated heterocycles. The zero-order chi connectivity index (χ0) is 17.6. The Kier molecular flexibility index (Phi) is 6.36. The van der Waals surface area contributed by atoms with Crippen LogP contribution in [0.15, 0.2) is 54.6 Å². The lowest BCUT2D eigenvalue weighted by atomic mass is 10.0. The maximum Gasteiger partial charge on any atom is 0.416 e. The average molecular weight is 338 g/mol. The summed E-state index contributed by atoms with van der Waals surface area (Å²) in [7, 11) is 0. The van der Waals surface area contributed by atoms with E-state index in [4.69, 9.17) is 5.73 Å². The summed E-state index contributed by atoms with van der Waals surface area (Å²) in [4.78, 5) is 0. The summed E-state index contributed by atoms with van der Waals surface area (Å²) in [6, 6.07) is 14.3. The number of rotatable bonds is 7. The summed E-state index contributed by atoms with van der Waals surface area (Å²) < 4.78 is 38.0. The van der Waals surface area contributed by atoms with E-state index in [1.807, 2.05) is 30.3 Å². The van der Waals surface area contributed by atoms with Crippen LogP contribution in [0.2, 0.25) is 0 Å². The second-order valence-electron chi connectivity index (χ2n) is 5.75. The highest BCUT2D eigenvalue weighted by atomic mass is 19.4. The van der Waals surface area contributed by atoms with Crippen molar-refractivity contribution in [2.75, 3.05) is 6.54 Å². The van der Waals surface area contributed by atoms with Crippen molar-refractivity contribution in [1.82, 2.24) is 5.32 Å². The maximum absolute atomic E-state index is 12.7. The zero-order valence-electron chi connectivity index (χ0n) is 13.1. The third-order valence-corrected chi connectivity index (χ3v) is 3.75. The third kappa shape index (κ3) is 5.63. The van der Waals surface area contributed by atoms with Crippen molar-refractivity contribution in [2.45, 2.75) is 31.3 Å². The lowest BCUT2D eigenvalue weighted by molar-refractivity contribution is -0.137. The second-order valence-corrected chi connectivity index (χ2v) is 5.75. The van der Waals surface area contributed by atoms with Crippen LogP contribution in [0, 0.1) is 0 Å². The lowest BCUT2D eigenvalue weighted by Gasteiger charge is -2.19. The van der Waals surface area contributed by atoms with Crippen LogP contribution in [0.5, 0.6) is 0 Å². The highest BCUT2D eigenvalue weighted by molar-refractivity contribution is 5.25. The summed E-state index contributed by atoms with van der Waals surface area (Å²) in [6.45, 7) is 0.448. The van der Waals surface area contributed by atoms with Gasteiger partial charge in [-0.1, -0.05) is 48.5 Å². The van der Waals surface area contributed by atoms with Crippen molar-refractivity contribution >= 4 is 0 Å². The monoisotopic (exact) mass is 338 g/mol. The van der Waals surface area contributed by atoms with Gasteiger partial charge in [0.05, 0.1) is 11.7 Å². The largest absolute Gasteiger partial charge is 0.416 e. The quantitative estimate of drug-likeness (QED) is 0.728. The molecule has 0 aromatic heterocycles. The van der Waals surface area contributed by atoms with Crippen LogP contribution in [0.25, 0.3) is 0 Å². The Morgan fingerprint density at radius 1 is 1.00 bits per heavy atom. The molecule has 3 nitrogen and oxygen atoms in total. The van der Waals surface area contributed by atoms with Gasteiger partial charge in [0.25, 0.3) is 0 Å². The Balaban J connectivity index is 1.81. The van der Waals surface area contributed by atoms with E-state index >= 15 is 0 Å². The van der Waals surface area contributed by atoms with Crippen molar-refractivity contribution in [1.29, 1.82) is 0 Å². The van der Waals surface area contributed by atoms with Gasteiger partial charge in [0.15, 0.2) is 0 Å². The van der Waals surface area contributed by atoms with Gasteiger partial charge in [-0.3, -0.25) is 0 Å². The Bertz CT molecular complexity index is 632. The highest BCUT2D eigenvalue weighted by Crippen LogP contribution is 2.29. The molecule has 0 aliphatic rings. The number of hydrogen-bond donors (Lipinski definition) is 3. The molecule has 0 heterocycles. The first-order chi connectivity index (χ1) is 11.4. The van der Waals surface area contributed by atoms with Gasteiger partial charge in [-0.05, 0) is 23.6 Å². The van der Waals surface area contributed by atoms with E-state index in [0.717, 1.165) is 17.7 Å². The molecule has 130 valence electrons. The molecule has 6 heteroatoms. The van der Waals surface area contributed by atoms with Gasteiger partial charge in [0.2, 0.25) is 0 Å². The van der Waals surface area contributed by atoms with E-state index in [9.17, 15) is 18.3 Å². The van der Waals surface area contributed by atoms with E-state index in [-0.39, 0.29) is 13.1 Å². The molecule has 0 saturated carbocycles. The van der Waals surface area contributed by atoms with Crippen molar-refractivity contribution in [3.63, 3.8) is 0 Å².